The molecule has 27 heavy (non-hydrogen) atoms. The van der Waals surface area contributed by atoms with E-state index in [1.807, 2.05) is 6.92 Å². The number of para-hydroxylation sites is 1. The molecule has 1 aromatic heterocycles. The number of methoxy groups -OCH3 is 1. The molecule has 0 spiro atoms. The number of benzene rings is 1. The fourth-order valence-corrected chi connectivity index (χ4v) is 3.55. The Hall–Kier alpha value is -2.39. The molecule has 0 fully saturated rings. The number of imide groups is 1. The van der Waals surface area contributed by atoms with Crippen LogP contribution in [0.15, 0.2) is 34.2 Å². The van der Waals surface area contributed by atoms with Crippen LogP contribution in [0.4, 0.5) is 4.79 Å². The predicted molar refractivity (Wildman–Crippen MR) is 105 cm³/mol. The van der Waals surface area contributed by atoms with Crippen LogP contribution in [-0.2, 0) is 9.53 Å². The Morgan fingerprint density at radius 1 is 1.30 bits per heavy atom. The van der Waals surface area contributed by atoms with Crippen molar-refractivity contribution in [1.82, 2.24) is 20.2 Å². The van der Waals surface area contributed by atoms with Crippen molar-refractivity contribution in [2.75, 3.05) is 20.3 Å². The molecule has 8 nitrogen and oxygen atoms in total. The number of thioether (sulfide) groups is 1. The van der Waals surface area contributed by atoms with E-state index in [1.54, 1.807) is 45.2 Å². The van der Waals surface area contributed by atoms with Crippen molar-refractivity contribution in [3.63, 3.8) is 0 Å². The molecule has 2 N–H and O–H groups in total. The highest BCUT2D eigenvalue weighted by molar-refractivity contribution is 8.00. The molecule has 146 valence electrons. The summed E-state index contributed by atoms with van der Waals surface area (Å²) in [6, 6.07) is 6.25. The maximum Gasteiger partial charge on any atom is 0.321 e. The third-order valence-corrected chi connectivity index (χ3v) is 4.92. The van der Waals surface area contributed by atoms with Crippen molar-refractivity contribution in [2.24, 2.45) is 0 Å². The van der Waals surface area contributed by atoms with Gasteiger partial charge in [0.25, 0.3) is 5.56 Å². The Bertz CT molecular complexity index is 883. The molecular formula is C18H24N4O4S. The van der Waals surface area contributed by atoms with Crippen molar-refractivity contribution in [3.8, 4) is 0 Å². The molecule has 0 radical (unpaired) electrons. The predicted octanol–water partition coefficient (Wildman–Crippen LogP) is 1.93. The van der Waals surface area contributed by atoms with Gasteiger partial charge in [-0.25, -0.2) is 9.78 Å². The number of nitrogens with zero attached hydrogens (tertiary/aromatic N) is 2. The minimum Gasteiger partial charge on any atom is -0.383 e. The topological polar surface area (TPSA) is 102 Å². The second kappa shape index (κ2) is 9.52. The molecule has 2 atom stereocenters. The zero-order chi connectivity index (χ0) is 20.0. The second-order valence-corrected chi connectivity index (χ2v) is 7.31. The summed E-state index contributed by atoms with van der Waals surface area (Å²) in [5, 5.41) is 5.07. The molecule has 9 heteroatoms. The number of hydrogen-bond acceptors (Lipinski definition) is 6. The molecule has 3 amide bonds. The average Bonchev–Trinajstić information content (AvgIpc) is 2.62. The minimum absolute atomic E-state index is 0.191. The number of ether oxygens (including phenoxy) is 1. The van der Waals surface area contributed by atoms with Crippen LogP contribution in [0.3, 0.4) is 0 Å². The second-order valence-electron chi connectivity index (χ2n) is 6.00. The van der Waals surface area contributed by atoms with Crippen molar-refractivity contribution < 1.29 is 14.3 Å². The van der Waals surface area contributed by atoms with Crippen molar-refractivity contribution in [3.05, 3.63) is 34.6 Å². The molecule has 0 aliphatic heterocycles. The van der Waals surface area contributed by atoms with Crippen LogP contribution in [0.1, 0.15) is 26.8 Å². The summed E-state index contributed by atoms with van der Waals surface area (Å²) in [6.45, 7) is 6.02. The number of fused-ring (bicyclic) bond motifs is 1. The normalized spacial score (nSPS) is 13.2. The van der Waals surface area contributed by atoms with Gasteiger partial charge in [-0.05, 0) is 32.9 Å². The van der Waals surface area contributed by atoms with Gasteiger partial charge in [0, 0.05) is 13.7 Å². The quantitative estimate of drug-likeness (QED) is 0.551. The van der Waals surface area contributed by atoms with Gasteiger partial charge in [0.2, 0.25) is 5.91 Å². The number of carbonyl (C=O) groups is 2. The fourth-order valence-electron chi connectivity index (χ4n) is 2.54. The maximum atomic E-state index is 13.0. The number of hydrogen-bond donors (Lipinski definition) is 2. The lowest BCUT2D eigenvalue weighted by molar-refractivity contribution is -0.119. The van der Waals surface area contributed by atoms with E-state index in [1.165, 1.54) is 4.57 Å². The summed E-state index contributed by atoms with van der Waals surface area (Å²) in [5.74, 6) is -0.459. The van der Waals surface area contributed by atoms with Gasteiger partial charge >= 0.3 is 6.03 Å². The third kappa shape index (κ3) is 5.08. The van der Waals surface area contributed by atoms with E-state index in [0.29, 0.717) is 29.2 Å². The van der Waals surface area contributed by atoms with Crippen LogP contribution >= 0.6 is 11.8 Å². The first kappa shape index (κ1) is 20.9. The lowest BCUT2D eigenvalue weighted by Gasteiger charge is -2.20. The number of rotatable bonds is 7. The van der Waals surface area contributed by atoms with E-state index in [4.69, 9.17) is 4.74 Å². The minimum atomic E-state index is -0.623. The molecule has 1 aromatic carbocycles. The van der Waals surface area contributed by atoms with Gasteiger partial charge in [-0.2, -0.15) is 0 Å². The molecule has 1 heterocycles. The van der Waals surface area contributed by atoms with E-state index >= 15 is 0 Å². The van der Waals surface area contributed by atoms with Crippen molar-refractivity contribution in [2.45, 2.75) is 37.2 Å². The van der Waals surface area contributed by atoms with Gasteiger partial charge in [-0.1, -0.05) is 23.9 Å². The van der Waals surface area contributed by atoms with Gasteiger partial charge in [0.15, 0.2) is 5.16 Å². The van der Waals surface area contributed by atoms with Gasteiger partial charge in [-0.3, -0.25) is 19.5 Å². The molecule has 2 aromatic rings. The average molecular weight is 392 g/mol. The SMILES string of the molecule is CCNC(=O)NC(=O)[C@H](C)Sc1nc2ccccc2c(=O)n1[C@H](C)COC. The number of nitrogens with one attached hydrogen (secondary N) is 2. The van der Waals surface area contributed by atoms with Crippen molar-refractivity contribution in [1.29, 1.82) is 0 Å². The van der Waals surface area contributed by atoms with E-state index in [-0.39, 0.29) is 11.6 Å². The van der Waals surface area contributed by atoms with E-state index < -0.39 is 17.2 Å². The highest BCUT2D eigenvalue weighted by atomic mass is 32.2. The fraction of sp³-hybridized carbons (Fsp3) is 0.444. The van der Waals surface area contributed by atoms with E-state index in [0.717, 1.165) is 11.8 Å². The highest BCUT2D eigenvalue weighted by Crippen LogP contribution is 2.25. The van der Waals surface area contributed by atoms with E-state index in [2.05, 4.69) is 15.6 Å². The van der Waals surface area contributed by atoms with Gasteiger partial charge in [-0.15, -0.1) is 0 Å². The lowest BCUT2D eigenvalue weighted by Crippen LogP contribution is -2.42. The summed E-state index contributed by atoms with van der Waals surface area (Å²) in [5.41, 5.74) is 0.367. The standard InChI is InChI=1S/C18H24N4O4S/c1-5-19-17(25)21-15(23)12(3)27-18-20-14-9-7-6-8-13(14)16(24)22(18)11(2)10-26-4/h6-9,11-12H,5,10H2,1-4H3,(H2,19,21,23,25)/t11-,12+/m1/s1. The smallest absolute Gasteiger partial charge is 0.321 e. The lowest BCUT2D eigenvalue weighted by atomic mass is 10.2. The molecule has 0 unspecified atom stereocenters. The van der Waals surface area contributed by atoms with Crippen LogP contribution in [-0.4, -0.2) is 47.0 Å². The summed E-state index contributed by atoms with van der Waals surface area (Å²) >= 11 is 1.13. The first-order valence-corrected chi connectivity index (χ1v) is 9.52. The zero-order valence-corrected chi connectivity index (χ0v) is 16.6. The monoisotopic (exact) mass is 392 g/mol. The Morgan fingerprint density at radius 3 is 2.67 bits per heavy atom. The first-order valence-electron chi connectivity index (χ1n) is 8.64. The molecule has 2 rings (SSSR count). The van der Waals surface area contributed by atoms with Crippen LogP contribution in [0, 0.1) is 0 Å². The zero-order valence-electron chi connectivity index (χ0n) is 15.8. The third-order valence-electron chi connectivity index (χ3n) is 3.85. The Balaban J connectivity index is 2.38. The van der Waals surface area contributed by atoms with Crippen LogP contribution < -0.4 is 16.2 Å². The number of urea groups is 1. The van der Waals surface area contributed by atoms with Crippen LogP contribution in [0.25, 0.3) is 10.9 Å². The molecule has 0 aliphatic rings. The van der Waals surface area contributed by atoms with Gasteiger partial charge in [0.1, 0.15) is 0 Å². The number of amides is 3. The summed E-state index contributed by atoms with van der Waals surface area (Å²) in [7, 11) is 1.56. The Morgan fingerprint density at radius 2 is 2.00 bits per heavy atom. The largest absolute Gasteiger partial charge is 0.383 e. The van der Waals surface area contributed by atoms with Crippen LogP contribution in [0.5, 0.6) is 0 Å². The Kier molecular flexibility index (Phi) is 7.37. The van der Waals surface area contributed by atoms with Crippen LogP contribution in [0.2, 0.25) is 0 Å². The molecule has 0 aliphatic carbocycles. The number of aromatic nitrogens is 2. The summed E-state index contributed by atoms with van der Waals surface area (Å²) in [6.07, 6.45) is 0. The van der Waals surface area contributed by atoms with E-state index in [9.17, 15) is 14.4 Å². The molecule has 0 bridgehead atoms. The highest BCUT2D eigenvalue weighted by Gasteiger charge is 2.22. The molecule has 0 saturated heterocycles. The van der Waals surface area contributed by atoms with Gasteiger partial charge < -0.3 is 10.1 Å². The summed E-state index contributed by atoms with van der Waals surface area (Å²) < 4.78 is 6.72. The molecule has 0 saturated carbocycles. The first-order chi connectivity index (χ1) is 12.9. The summed E-state index contributed by atoms with van der Waals surface area (Å²) in [4.78, 5) is 41.4. The van der Waals surface area contributed by atoms with Gasteiger partial charge in [0.05, 0.1) is 28.8 Å². The Labute approximate surface area is 161 Å². The molecular weight excluding hydrogens is 368 g/mol. The van der Waals surface area contributed by atoms with Crippen molar-refractivity contribution >= 4 is 34.6 Å². The maximum absolute atomic E-state index is 13.0. The number of carbonyl (C=O) groups excluding carboxylic acids is 2.